The van der Waals surface area contributed by atoms with Crippen LogP contribution in [0.1, 0.15) is 33.6 Å². The number of carbonyl (C=O) groups excluding carboxylic acids is 3. The predicted octanol–water partition coefficient (Wildman–Crippen LogP) is 2.50. The fourth-order valence-electron chi connectivity index (χ4n) is 4.15. The molecule has 0 bridgehead atoms. The van der Waals surface area contributed by atoms with Crippen molar-refractivity contribution in [2.24, 2.45) is 17.8 Å². The van der Waals surface area contributed by atoms with Crippen LogP contribution in [0.5, 0.6) is 0 Å². The summed E-state index contributed by atoms with van der Waals surface area (Å²) in [4.78, 5) is 40.1. The van der Waals surface area contributed by atoms with E-state index >= 15 is 0 Å². The molecule has 0 unspecified atom stereocenters. The summed E-state index contributed by atoms with van der Waals surface area (Å²) in [6.07, 6.45) is 1.42. The van der Waals surface area contributed by atoms with Crippen molar-refractivity contribution in [3.63, 3.8) is 0 Å². The second-order valence-electron chi connectivity index (χ2n) is 7.82. The van der Waals surface area contributed by atoms with Gasteiger partial charge in [0, 0.05) is 44.4 Å². The number of benzene rings is 1. The Morgan fingerprint density at radius 2 is 1.65 bits per heavy atom. The quantitative estimate of drug-likeness (QED) is 0.904. The Morgan fingerprint density at radius 3 is 2.23 bits per heavy atom. The Labute approximate surface area is 154 Å². The molecule has 0 saturated carbocycles. The molecule has 1 aromatic rings. The average Bonchev–Trinajstić information content (AvgIpc) is 2.95. The molecular formula is C20H27N3O3. The highest BCUT2D eigenvalue weighted by molar-refractivity contribution is 6.00. The molecular weight excluding hydrogens is 330 g/mol. The maximum absolute atomic E-state index is 12.9. The van der Waals surface area contributed by atoms with Gasteiger partial charge in [-0.25, -0.2) is 0 Å². The Bertz CT molecular complexity index is 691. The smallest absolute Gasteiger partial charge is 0.228 e. The molecule has 3 atom stereocenters. The van der Waals surface area contributed by atoms with E-state index in [9.17, 15) is 14.4 Å². The van der Waals surface area contributed by atoms with Crippen molar-refractivity contribution in [3.05, 3.63) is 24.3 Å². The van der Waals surface area contributed by atoms with Crippen LogP contribution in [0.4, 0.5) is 11.4 Å². The molecule has 0 spiro atoms. The number of amides is 3. The van der Waals surface area contributed by atoms with Crippen LogP contribution in [0.2, 0.25) is 0 Å². The molecule has 2 fully saturated rings. The lowest BCUT2D eigenvalue weighted by molar-refractivity contribution is -0.138. The molecule has 2 aliphatic rings. The number of likely N-dealkylation sites (tertiary alicyclic amines) is 1. The topological polar surface area (TPSA) is 69.7 Å². The summed E-state index contributed by atoms with van der Waals surface area (Å²) in [6, 6.07) is 7.16. The van der Waals surface area contributed by atoms with Crippen molar-refractivity contribution in [2.45, 2.75) is 33.6 Å². The van der Waals surface area contributed by atoms with Gasteiger partial charge in [-0.15, -0.1) is 0 Å². The minimum Gasteiger partial charge on any atom is -0.342 e. The van der Waals surface area contributed by atoms with E-state index in [1.807, 2.05) is 4.90 Å². The average molecular weight is 357 g/mol. The zero-order valence-corrected chi connectivity index (χ0v) is 15.7. The largest absolute Gasteiger partial charge is 0.342 e. The van der Waals surface area contributed by atoms with E-state index in [1.165, 1.54) is 6.92 Å². The van der Waals surface area contributed by atoms with Gasteiger partial charge in [0.15, 0.2) is 0 Å². The van der Waals surface area contributed by atoms with Crippen LogP contribution >= 0.6 is 0 Å². The van der Waals surface area contributed by atoms with Crippen molar-refractivity contribution in [1.82, 2.24) is 4.90 Å². The molecule has 6 heteroatoms. The Hall–Kier alpha value is -2.37. The van der Waals surface area contributed by atoms with Crippen molar-refractivity contribution < 1.29 is 14.4 Å². The first-order chi connectivity index (χ1) is 12.3. The Morgan fingerprint density at radius 1 is 1.04 bits per heavy atom. The number of anilines is 2. The molecule has 26 heavy (non-hydrogen) atoms. The van der Waals surface area contributed by atoms with Crippen LogP contribution in [0, 0.1) is 17.8 Å². The third kappa shape index (κ3) is 4.06. The summed E-state index contributed by atoms with van der Waals surface area (Å²) in [7, 11) is 0. The van der Waals surface area contributed by atoms with Gasteiger partial charge in [0.05, 0.1) is 5.92 Å². The van der Waals surface area contributed by atoms with E-state index in [0.717, 1.165) is 25.2 Å². The van der Waals surface area contributed by atoms with Crippen LogP contribution in [0.25, 0.3) is 0 Å². The predicted molar refractivity (Wildman–Crippen MR) is 101 cm³/mol. The lowest BCUT2D eigenvalue weighted by Crippen LogP contribution is -2.45. The standard InChI is InChI=1S/C20H27N3O3/c1-13-8-14(2)11-22(10-13)20(26)16-9-19(25)23(12-16)18-6-4-17(5-7-18)21-15(3)24/h4-7,13-14,16H,8-12H2,1-3H3,(H,21,24)/t13-,14+,16-/m0/s1. The molecule has 2 saturated heterocycles. The van der Waals surface area contributed by atoms with Crippen molar-refractivity contribution in [1.29, 1.82) is 0 Å². The Balaban J connectivity index is 1.66. The molecule has 2 aliphatic heterocycles. The summed E-state index contributed by atoms with van der Waals surface area (Å²) in [5.74, 6) is 0.706. The third-order valence-electron chi connectivity index (χ3n) is 5.15. The number of piperidine rings is 1. The van der Waals surface area contributed by atoms with Crippen LogP contribution in [0.15, 0.2) is 24.3 Å². The highest BCUT2D eigenvalue weighted by Gasteiger charge is 2.38. The summed E-state index contributed by atoms with van der Waals surface area (Å²) < 4.78 is 0. The number of hydrogen-bond acceptors (Lipinski definition) is 3. The summed E-state index contributed by atoms with van der Waals surface area (Å²) in [5, 5.41) is 2.71. The fourth-order valence-corrected chi connectivity index (χ4v) is 4.15. The van der Waals surface area contributed by atoms with E-state index < -0.39 is 0 Å². The first kappa shape index (κ1) is 18.4. The third-order valence-corrected chi connectivity index (χ3v) is 5.15. The van der Waals surface area contributed by atoms with Crippen LogP contribution in [-0.2, 0) is 14.4 Å². The monoisotopic (exact) mass is 357 g/mol. The van der Waals surface area contributed by atoms with Crippen LogP contribution < -0.4 is 10.2 Å². The zero-order chi connectivity index (χ0) is 18.8. The molecule has 1 N–H and O–H groups in total. The van der Waals surface area contributed by atoms with Gasteiger partial charge in [-0.05, 0) is 42.5 Å². The molecule has 6 nitrogen and oxygen atoms in total. The molecule has 3 rings (SSSR count). The number of nitrogens with one attached hydrogen (secondary N) is 1. The van der Waals surface area contributed by atoms with Crippen molar-refractivity contribution >= 4 is 29.1 Å². The van der Waals surface area contributed by atoms with Gasteiger partial charge in [0.1, 0.15) is 0 Å². The van der Waals surface area contributed by atoms with Crippen LogP contribution in [-0.4, -0.2) is 42.3 Å². The molecule has 140 valence electrons. The van der Waals surface area contributed by atoms with Gasteiger partial charge in [0.25, 0.3) is 0 Å². The van der Waals surface area contributed by atoms with Gasteiger partial charge in [-0.1, -0.05) is 13.8 Å². The van der Waals surface area contributed by atoms with Gasteiger partial charge in [-0.3, -0.25) is 14.4 Å². The maximum Gasteiger partial charge on any atom is 0.228 e. The highest BCUT2D eigenvalue weighted by atomic mass is 16.2. The first-order valence-corrected chi connectivity index (χ1v) is 9.30. The lowest BCUT2D eigenvalue weighted by Gasteiger charge is -2.36. The van der Waals surface area contributed by atoms with Gasteiger partial charge >= 0.3 is 0 Å². The highest BCUT2D eigenvalue weighted by Crippen LogP contribution is 2.29. The summed E-state index contributed by atoms with van der Waals surface area (Å²) in [5.41, 5.74) is 1.46. The molecule has 0 aromatic heterocycles. The molecule has 3 amide bonds. The number of hydrogen-bond donors (Lipinski definition) is 1. The van der Waals surface area contributed by atoms with E-state index in [4.69, 9.17) is 0 Å². The van der Waals surface area contributed by atoms with Gasteiger partial charge in [0.2, 0.25) is 17.7 Å². The minimum atomic E-state index is -0.268. The van der Waals surface area contributed by atoms with Gasteiger partial charge in [-0.2, -0.15) is 0 Å². The minimum absolute atomic E-state index is 0.0197. The molecule has 0 aliphatic carbocycles. The number of rotatable bonds is 3. The molecule has 0 radical (unpaired) electrons. The maximum atomic E-state index is 12.9. The van der Waals surface area contributed by atoms with E-state index in [0.29, 0.717) is 24.1 Å². The summed E-state index contributed by atoms with van der Waals surface area (Å²) in [6.45, 7) is 7.82. The number of nitrogens with zero attached hydrogens (tertiary/aromatic N) is 2. The molecule has 2 heterocycles. The lowest BCUT2D eigenvalue weighted by atomic mass is 9.91. The second-order valence-corrected chi connectivity index (χ2v) is 7.82. The molecule has 1 aromatic carbocycles. The van der Waals surface area contributed by atoms with Crippen molar-refractivity contribution in [3.8, 4) is 0 Å². The van der Waals surface area contributed by atoms with Gasteiger partial charge < -0.3 is 15.1 Å². The van der Waals surface area contributed by atoms with E-state index in [2.05, 4.69) is 19.2 Å². The summed E-state index contributed by atoms with van der Waals surface area (Å²) >= 11 is 0. The number of carbonyl (C=O) groups is 3. The second kappa shape index (κ2) is 7.48. The van der Waals surface area contributed by atoms with Crippen molar-refractivity contribution in [2.75, 3.05) is 29.9 Å². The first-order valence-electron chi connectivity index (χ1n) is 9.30. The van der Waals surface area contributed by atoms with E-state index in [-0.39, 0.29) is 30.1 Å². The van der Waals surface area contributed by atoms with Crippen LogP contribution in [0.3, 0.4) is 0 Å². The normalized spacial score (nSPS) is 26.1. The SMILES string of the molecule is CC(=O)Nc1ccc(N2C[C@@H](C(=O)N3C[C@H](C)C[C@H](C)C3)CC2=O)cc1. The Kier molecular flexibility index (Phi) is 5.30. The fraction of sp³-hybridized carbons (Fsp3) is 0.550. The zero-order valence-electron chi connectivity index (χ0n) is 15.7. The van der Waals surface area contributed by atoms with E-state index in [1.54, 1.807) is 29.2 Å².